The van der Waals surface area contributed by atoms with Crippen molar-refractivity contribution in [3.8, 4) is 11.5 Å². The zero-order chi connectivity index (χ0) is 33.3. The van der Waals surface area contributed by atoms with Gasteiger partial charge in [0.1, 0.15) is 29.4 Å². The van der Waals surface area contributed by atoms with E-state index in [0.29, 0.717) is 11.5 Å². The van der Waals surface area contributed by atoms with Crippen LogP contribution >= 0.6 is 0 Å². The lowest BCUT2D eigenvalue weighted by Gasteiger charge is -2.39. The van der Waals surface area contributed by atoms with Gasteiger partial charge in [-0.05, 0) is 47.9 Å². The molecule has 3 atom stereocenters. The second-order valence-electron chi connectivity index (χ2n) is 12.6. The molecule has 0 amide bonds. The molecule has 0 unspecified atom stereocenters. The Hall–Kier alpha value is -4.51. The van der Waals surface area contributed by atoms with Crippen molar-refractivity contribution < 1.29 is 28.8 Å². The zero-order valence-electron chi connectivity index (χ0n) is 26.9. The zero-order valence-corrected chi connectivity index (χ0v) is 26.9. The van der Waals surface area contributed by atoms with E-state index in [9.17, 15) is 19.5 Å². The van der Waals surface area contributed by atoms with Gasteiger partial charge in [0.2, 0.25) is 0 Å². The number of aliphatic hydroxyl groups is 1. The maximum atomic E-state index is 13.9. The van der Waals surface area contributed by atoms with Crippen molar-refractivity contribution in [3.05, 3.63) is 128 Å². The molecule has 2 heterocycles. The highest BCUT2D eigenvalue weighted by molar-refractivity contribution is 5.92. The van der Waals surface area contributed by atoms with E-state index in [-0.39, 0.29) is 18.6 Å². The summed E-state index contributed by atoms with van der Waals surface area (Å²) in [6.07, 6.45) is -1.06. The third-order valence-electron chi connectivity index (χ3n) is 8.49. The molecule has 4 aromatic rings. The molecule has 0 spiro atoms. The van der Waals surface area contributed by atoms with Crippen LogP contribution in [0.25, 0.3) is 0 Å². The van der Waals surface area contributed by atoms with Crippen molar-refractivity contribution in [2.45, 2.75) is 57.6 Å². The van der Waals surface area contributed by atoms with Gasteiger partial charge in [0.15, 0.2) is 11.4 Å². The summed E-state index contributed by atoms with van der Waals surface area (Å²) in [6.45, 7) is 6.49. The molecule has 0 saturated carbocycles. The van der Waals surface area contributed by atoms with Gasteiger partial charge in [-0.15, -0.1) is 0 Å². The quantitative estimate of drug-likeness (QED) is 0.246. The smallest absolute Gasteiger partial charge is 0.330 e. The van der Waals surface area contributed by atoms with Gasteiger partial charge in [-0.25, -0.2) is 4.79 Å². The standard InChI is InChI=1S/C36H40N2O8/c1-23-21-38(33(41)37-31(23)39)30-20-35(42,32(40)34(2,3)4)29(46-30)22-45-36(24-10-8-7-9-11-24,25-12-16-27(43-5)17-13-25)26-14-18-28(44-6)19-15-26/h7-19,21,29-30,42H,20,22H2,1-6H3,(H,37,39,41)/t29-,30-,35+/m1/s1. The first-order valence-corrected chi connectivity index (χ1v) is 15.1. The Kier molecular flexibility index (Phi) is 9.08. The molecule has 1 aromatic heterocycles. The number of nitrogens with one attached hydrogen (secondary N) is 1. The van der Waals surface area contributed by atoms with Gasteiger partial charge >= 0.3 is 5.69 Å². The first kappa shape index (κ1) is 32.9. The van der Waals surface area contributed by atoms with E-state index >= 15 is 0 Å². The summed E-state index contributed by atoms with van der Waals surface area (Å²) in [4.78, 5) is 41.1. The molecular weight excluding hydrogens is 588 g/mol. The number of rotatable bonds is 10. The fourth-order valence-electron chi connectivity index (χ4n) is 6.05. The maximum absolute atomic E-state index is 13.9. The van der Waals surface area contributed by atoms with Gasteiger partial charge < -0.3 is 24.1 Å². The summed E-state index contributed by atoms with van der Waals surface area (Å²) in [5, 5.41) is 12.2. The number of benzene rings is 3. The molecule has 10 nitrogen and oxygen atoms in total. The van der Waals surface area contributed by atoms with Crippen LogP contribution in [0.5, 0.6) is 11.5 Å². The molecule has 0 radical (unpaired) electrons. The van der Waals surface area contributed by atoms with E-state index in [4.69, 9.17) is 18.9 Å². The minimum atomic E-state index is -2.02. The van der Waals surface area contributed by atoms with Crippen molar-refractivity contribution in [3.63, 3.8) is 0 Å². The number of H-pyrrole nitrogens is 1. The topological polar surface area (TPSA) is 129 Å². The highest BCUT2D eigenvalue weighted by Crippen LogP contribution is 2.45. The van der Waals surface area contributed by atoms with E-state index in [1.807, 2.05) is 78.9 Å². The summed E-state index contributed by atoms with van der Waals surface area (Å²) >= 11 is 0. The number of Topliss-reactive ketones (excluding diaryl/α,β-unsaturated/α-hetero) is 1. The number of hydrogen-bond donors (Lipinski definition) is 2. The summed E-state index contributed by atoms with van der Waals surface area (Å²) in [5.41, 5.74) is -2.83. The lowest BCUT2D eigenvalue weighted by molar-refractivity contribution is -0.160. The maximum Gasteiger partial charge on any atom is 0.330 e. The second kappa shape index (κ2) is 12.7. The summed E-state index contributed by atoms with van der Waals surface area (Å²) < 4.78 is 25.4. The lowest BCUT2D eigenvalue weighted by Crippen LogP contribution is -2.53. The van der Waals surface area contributed by atoms with Crippen molar-refractivity contribution in [2.75, 3.05) is 20.8 Å². The molecule has 2 N–H and O–H groups in total. The number of hydrogen-bond acceptors (Lipinski definition) is 8. The van der Waals surface area contributed by atoms with Crippen LogP contribution in [0.15, 0.2) is 94.6 Å². The van der Waals surface area contributed by atoms with Crippen LogP contribution in [-0.2, 0) is 19.9 Å². The van der Waals surface area contributed by atoms with E-state index in [1.54, 1.807) is 41.9 Å². The van der Waals surface area contributed by atoms with Crippen LogP contribution in [0.2, 0.25) is 0 Å². The van der Waals surface area contributed by atoms with Crippen LogP contribution in [-0.4, -0.2) is 53.0 Å². The first-order chi connectivity index (χ1) is 21.8. The van der Waals surface area contributed by atoms with Gasteiger partial charge in [0.05, 0.1) is 20.8 Å². The summed E-state index contributed by atoms with van der Waals surface area (Å²) in [5.74, 6) is 0.868. The minimum Gasteiger partial charge on any atom is -0.497 e. The molecule has 0 bridgehead atoms. The Morgan fingerprint density at radius 3 is 1.93 bits per heavy atom. The number of carbonyl (C=O) groups is 1. The van der Waals surface area contributed by atoms with Gasteiger partial charge in [0, 0.05) is 23.6 Å². The molecule has 1 aliphatic rings. The van der Waals surface area contributed by atoms with Gasteiger partial charge in [0.25, 0.3) is 5.56 Å². The first-order valence-electron chi connectivity index (χ1n) is 15.1. The third-order valence-corrected chi connectivity index (χ3v) is 8.49. The number of ketones is 1. The van der Waals surface area contributed by atoms with E-state index in [0.717, 1.165) is 16.7 Å². The van der Waals surface area contributed by atoms with Crippen LogP contribution in [0, 0.1) is 12.3 Å². The Morgan fingerprint density at radius 2 is 1.43 bits per heavy atom. The Morgan fingerprint density at radius 1 is 0.913 bits per heavy atom. The fourth-order valence-corrected chi connectivity index (χ4v) is 6.05. The molecule has 1 saturated heterocycles. The Bertz CT molecular complexity index is 1740. The highest BCUT2D eigenvalue weighted by atomic mass is 16.6. The molecule has 10 heteroatoms. The van der Waals surface area contributed by atoms with Crippen LogP contribution in [0.1, 0.15) is 55.7 Å². The average Bonchev–Trinajstić information content (AvgIpc) is 3.39. The Balaban J connectivity index is 1.65. The SMILES string of the molecule is COc1ccc(C(OC[C@H]2O[C@@H](n3cc(C)c(=O)[nH]c3=O)C[C@@]2(O)C(=O)C(C)(C)C)(c2ccccc2)c2ccc(OC)cc2)cc1. The number of methoxy groups -OCH3 is 2. The monoisotopic (exact) mass is 628 g/mol. The predicted octanol–water partition coefficient (Wildman–Crippen LogP) is 4.50. The molecular formula is C36H40N2O8. The number of ether oxygens (including phenoxy) is 4. The van der Waals surface area contributed by atoms with Gasteiger partial charge in [-0.2, -0.15) is 0 Å². The van der Waals surface area contributed by atoms with Gasteiger partial charge in [-0.1, -0.05) is 75.4 Å². The van der Waals surface area contributed by atoms with Crippen molar-refractivity contribution >= 4 is 5.78 Å². The summed E-state index contributed by atoms with van der Waals surface area (Å²) in [7, 11) is 3.19. The molecule has 0 aliphatic carbocycles. The van der Waals surface area contributed by atoms with Crippen molar-refractivity contribution in [2.24, 2.45) is 5.41 Å². The van der Waals surface area contributed by atoms with Crippen LogP contribution in [0.4, 0.5) is 0 Å². The number of carbonyl (C=O) groups excluding carboxylic acids is 1. The molecule has 3 aromatic carbocycles. The molecule has 46 heavy (non-hydrogen) atoms. The van der Waals surface area contributed by atoms with Crippen molar-refractivity contribution in [1.82, 2.24) is 9.55 Å². The lowest BCUT2D eigenvalue weighted by atomic mass is 9.76. The molecule has 242 valence electrons. The normalized spacial score (nSPS) is 20.0. The third kappa shape index (κ3) is 6.03. The van der Waals surface area contributed by atoms with E-state index in [2.05, 4.69) is 4.98 Å². The number of aromatic nitrogens is 2. The number of aromatic amines is 1. The molecule has 5 rings (SSSR count). The largest absolute Gasteiger partial charge is 0.497 e. The minimum absolute atomic E-state index is 0.216. The fraction of sp³-hybridized carbons (Fsp3) is 0.361. The van der Waals surface area contributed by atoms with E-state index < -0.39 is 46.0 Å². The molecule has 1 aliphatic heterocycles. The van der Waals surface area contributed by atoms with Crippen LogP contribution < -0.4 is 20.7 Å². The number of nitrogens with zero attached hydrogens (tertiary/aromatic N) is 1. The van der Waals surface area contributed by atoms with Crippen LogP contribution in [0.3, 0.4) is 0 Å². The van der Waals surface area contributed by atoms with E-state index in [1.165, 1.54) is 10.8 Å². The number of aryl methyl sites for hydroxylation is 1. The summed E-state index contributed by atoms with van der Waals surface area (Å²) in [6, 6.07) is 24.6. The Labute approximate surface area is 267 Å². The van der Waals surface area contributed by atoms with Gasteiger partial charge in [-0.3, -0.25) is 19.1 Å². The predicted molar refractivity (Wildman–Crippen MR) is 172 cm³/mol. The average molecular weight is 629 g/mol. The highest BCUT2D eigenvalue weighted by Gasteiger charge is 2.57. The van der Waals surface area contributed by atoms with Crippen molar-refractivity contribution in [1.29, 1.82) is 0 Å². The molecule has 1 fully saturated rings. The second-order valence-corrected chi connectivity index (χ2v) is 12.6.